The van der Waals surface area contributed by atoms with Gasteiger partial charge in [0.1, 0.15) is 17.1 Å². The number of carbonyl (C=O) groups is 1. The minimum atomic E-state index is -0.600. The van der Waals surface area contributed by atoms with E-state index in [-0.39, 0.29) is 5.69 Å². The Morgan fingerprint density at radius 2 is 1.75 bits per heavy atom. The summed E-state index contributed by atoms with van der Waals surface area (Å²) >= 11 is 5.96. The fourth-order valence-electron chi connectivity index (χ4n) is 3.07. The number of nitrogens with zero attached hydrogens (tertiary/aromatic N) is 3. The molecule has 0 aliphatic carbocycles. The van der Waals surface area contributed by atoms with Crippen molar-refractivity contribution in [2.75, 3.05) is 5.32 Å². The lowest BCUT2D eigenvalue weighted by molar-refractivity contribution is 0.00624. The molecule has 0 amide bonds. The van der Waals surface area contributed by atoms with Gasteiger partial charge >= 0.3 is 5.97 Å². The van der Waals surface area contributed by atoms with Crippen LogP contribution in [0.4, 0.5) is 11.6 Å². The van der Waals surface area contributed by atoms with Gasteiger partial charge in [-0.05, 0) is 63.2 Å². The highest BCUT2D eigenvalue weighted by Crippen LogP contribution is 2.28. The van der Waals surface area contributed by atoms with Crippen LogP contribution in [0.5, 0.6) is 11.5 Å². The average molecular weight is 451 g/mol. The summed E-state index contributed by atoms with van der Waals surface area (Å²) in [4.78, 5) is 21.0. The second-order valence-electron chi connectivity index (χ2n) is 8.26. The SMILES string of the molecule is Cn1c(Nc2ccc(Cl)cc2)nc2cc(Oc3ccnc(C(=O)OC(C)(C)C)c3)ccc21. The number of aromatic nitrogens is 3. The van der Waals surface area contributed by atoms with Gasteiger partial charge in [0.15, 0.2) is 5.69 Å². The zero-order chi connectivity index (χ0) is 22.9. The topological polar surface area (TPSA) is 78.3 Å². The molecule has 4 rings (SSSR count). The molecule has 0 saturated heterocycles. The Morgan fingerprint density at radius 3 is 2.47 bits per heavy atom. The molecule has 0 atom stereocenters. The summed E-state index contributed by atoms with van der Waals surface area (Å²) in [5.74, 6) is 1.27. The first-order valence-corrected chi connectivity index (χ1v) is 10.4. The van der Waals surface area contributed by atoms with Crippen molar-refractivity contribution in [1.29, 1.82) is 0 Å². The number of hydrogen-bond donors (Lipinski definition) is 1. The van der Waals surface area contributed by atoms with Crippen LogP contribution in [0.15, 0.2) is 60.8 Å². The predicted molar refractivity (Wildman–Crippen MR) is 125 cm³/mol. The number of benzene rings is 2. The van der Waals surface area contributed by atoms with Crippen molar-refractivity contribution in [3.05, 3.63) is 71.5 Å². The number of anilines is 2. The van der Waals surface area contributed by atoms with Gasteiger partial charge in [0.05, 0.1) is 11.0 Å². The number of esters is 1. The van der Waals surface area contributed by atoms with E-state index in [4.69, 9.17) is 21.1 Å². The van der Waals surface area contributed by atoms with Gasteiger partial charge in [-0.15, -0.1) is 0 Å². The molecule has 7 nitrogen and oxygen atoms in total. The van der Waals surface area contributed by atoms with E-state index < -0.39 is 11.6 Å². The molecule has 0 aliphatic rings. The number of aryl methyl sites for hydroxylation is 1. The predicted octanol–water partition coefficient (Wildman–Crippen LogP) is 6.11. The Kier molecular flexibility index (Phi) is 5.76. The van der Waals surface area contributed by atoms with Crippen LogP contribution in [0, 0.1) is 0 Å². The standard InChI is InChI=1S/C24H23ClN4O3/c1-24(2,3)32-22(30)20-14-18(11-12-26-20)31-17-9-10-21-19(13-17)28-23(29(21)4)27-16-7-5-15(25)6-8-16/h5-14H,1-4H3,(H,27,28). The molecule has 2 aromatic carbocycles. The lowest BCUT2D eigenvalue weighted by Gasteiger charge is -2.19. The Balaban J connectivity index is 1.55. The van der Waals surface area contributed by atoms with Crippen molar-refractivity contribution < 1.29 is 14.3 Å². The van der Waals surface area contributed by atoms with Crippen LogP contribution in [0.25, 0.3) is 11.0 Å². The molecule has 0 unspecified atom stereocenters. The Hall–Kier alpha value is -3.58. The first-order chi connectivity index (χ1) is 15.2. The number of imidazole rings is 1. The van der Waals surface area contributed by atoms with Crippen LogP contribution in [-0.2, 0) is 11.8 Å². The van der Waals surface area contributed by atoms with Crippen molar-refractivity contribution in [3.63, 3.8) is 0 Å². The van der Waals surface area contributed by atoms with E-state index in [2.05, 4.69) is 15.3 Å². The highest BCUT2D eigenvalue weighted by atomic mass is 35.5. The highest BCUT2D eigenvalue weighted by molar-refractivity contribution is 6.30. The fourth-order valence-corrected chi connectivity index (χ4v) is 3.20. The van der Waals surface area contributed by atoms with E-state index in [1.165, 1.54) is 6.20 Å². The Morgan fingerprint density at radius 1 is 1.03 bits per heavy atom. The van der Waals surface area contributed by atoms with Gasteiger partial charge in [-0.2, -0.15) is 0 Å². The number of pyridine rings is 1. The number of carbonyl (C=O) groups excluding carboxylic acids is 1. The fraction of sp³-hybridized carbons (Fsp3) is 0.208. The number of nitrogens with one attached hydrogen (secondary N) is 1. The van der Waals surface area contributed by atoms with Crippen LogP contribution >= 0.6 is 11.6 Å². The molecule has 0 bridgehead atoms. The lowest BCUT2D eigenvalue weighted by Crippen LogP contribution is -2.24. The minimum absolute atomic E-state index is 0.186. The molecule has 8 heteroatoms. The van der Waals surface area contributed by atoms with E-state index in [9.17, 15) is 4.79 Å². The summed E-state index contributed by atoms with van der Waals surface area (Å²) in [5.41, 5.74) is 2.18. The monoisotopic (exact) mass is 450 g/mol. The van der Waals surface area contributed by atoms with Gasteiger partial charge in [0.2, 0.25) is 5.95 Å². The molecule has 2 heterocycles. The molecule has 2 aromatic heterocycles. The van der Waals surface area contributed by atoms with E-state index in [0.29, 0.717) is 22.5 Å². The maximum Gasteiger partial charge on any atom is 0.357 e. The van der Waals surface area contributed by atoms with Crippen molar-refractivity contribution in [2.24, 2.45) is 7.05 Å². The maximum absolute atomic E-state index is 12.3. The zero-order valence-corrected chi connectivity index (χ0v) is 19.0. The first kappa shape index (κ1) is 21.6. The third kappa shape index (κ3) is 5.00. The van der Waals surface area contributed by atoms with Gasteiger partial charge < -0.3 is 19.4 Å². The molecular formula is C24H23ClN4O3. The minimum Gasteiger partial charge on any atom is -0.457 e. The summed E-state index contributed by atoms with van der Waals surface area (Å²) in [6.07, 6.45) is 1.52. The van der Waals surface area contributed by atoms with Gasteiger partial charge in [-0.3, -0.25) is 0 Å². The summed E-state index contributed by atoms with van der Waals surface area (Å²) in [7, 11) is 1.93. The second-order valence-corrected chi connectivity index (χ2v) is 8.69. The van der Waals surface area contributed by atoms with Crippen LogP contribution in [0.3, 0.4) is 0 Å². The van der Waals surface area contributed by atoms with E-state index in [0.717, 1.165) is 16.7 Å². The molecular weight excluding hydrogens is 428 g/mol. The van der Waals surface area contributed by atoms with Crippen molar-refractivity contribution in [2.45, 2.75) is 26.4 Å². The molecule has 0 aliphatic heterocycles. The van der Waals surface area contributed by atoms with Crippen LogP contribution < -0.4 is 10.1 Å². The van der Waals surface area contributed by atoms with E-state index >= 15 is 0 Å². The number of rotatable bonds is 5. The molecule has 4 aromatic rings. The number of halogens is 1. The van der Waals surface area contributed by atoms with Gasteiger partial charge in [-0.1, -0.05) is 11.6 Å². The number of hydrogen-bond acceptors (Lipinski definition) is 6. The van der Waals surface area contributed by atoms with Crippen molar-refractivity contribution in [1.82, 2.24) is 14.5 Å². The van der Waals surface area contributed by atoms with Crippen LogP contribution in [-0.4, -0.2) is 26.1 Å². The molecule has 0 radical (unpaired) electrons. The second kappa shape index (κ2) is 8.51. The lowest BCUT2D eigenvalue weighted by atomic mass is 10.2. The van der Waals surface area contributed by atoms with Gasteiger partial charge in [0, 0.05) is 36.1 Å². The largest absolute Gasteiger partial charge is 0.457 e. The molecule has 0 fully saturated rings. The number of ether oxygens (including phenoxy) is 2. The smallest absolute Gasteiger partial charge is 0.357 e. The quantitative estimate of drug-likeness (QED) is 0.369. The first-order valence-electron chi connectivity index (χ1n) is 10.0. The van der Waals surface area contributed by atoms with Crippen LogP contribution in [0.1, 0.15) is 31.3 Å². The third-order valence-electron chi connectivity index (χ3n) is 4.53. The normalized spacial score (nSPS) is 11.4. The Labute approximate surface area is 191 Å². The summed E-state index contributed by atoms with van der Waals surface area (Å²) in [6.45, 7) is 5.43. The molecule has 164 valence electrons. The summed E-state index contributed by atoms with van der Waals surface area (Å²) < 4.78 is 13.3. The zero-order valence-electron chi connectivity index (χ0n) is 18.2. The highest BCUT2D eigenvalue weighted by Gasteiger charge is 2.19. The molecule has 1 N–H and O–H groups in total. The average Bonchev–Trinajstić information content (AvgIpc) is 3.03. The van der Waals surface area contributed by atoms with Gasteiger partial charge in [0.25, 0.3) is 0 Å². The van der Waals surface area contributed by atoms with E-state index in [1.807, 2.05) is 74.9 Å². The third-order valence-corrected chi connectivity index (χ3v) is 4.78. The van der Waals surface area contributed by atoms with Crippen molar-refractivity contribution >= 4 is 40.2 Å². The molecule has 0 spiro atoms. The summed E-state index contributed by atoms with van der Waals surface area (Å²) in [6, 6.07) is 16.3. The molecule has 0 saturated carbocycles. The molecule has 32 heavy (non-hydrogen) atoms. The van der Waals surface area contributed by atoms with Gasteiger partial charge in [-0.25, -0.2) is 14.8 Å². The van der Waals surface area contributed by atoms with Crippen LogP contribution in [0.2, 0.25) is 5.02 Å². The number of fused-ring (bicyclic) bond motifs is 1. The van der Waals surface area contributed by atoms with Crippen molar-refractivity contribution in [3.8, 4) is 11.5 Å². The summed E-state index contributed by atoms with van der Waals surface area (Å²) in [5, 5.41) is 3.96. The maximum atomic E-state index is 12.3. The Bertz CT molecular complexity index is 1280. The van der Waals surface area contributed by atoms with E-state index in [1.54, 1.807) is 12.1 Å².